The van der Waals surface area contributed by atoms with Crippen LogP contribution in [-0.4, -0.2) is 55.6 Å². The van der Waals surface area contributed by atoms with Gasteiger partial charge in [0.1, 0.15) is 0 Å². The van der Waals surface area contributed by atoms with Crippen molar-refractivity contribution in [3.63, 3.8) is 0 Å². The van der Waals surface area contributed by atoms with Crippen molar-refractivity contribution < 1.29 is 9.90 Å². The Balaban J connectivity index is 1.68. The summed E-state index contributed by atoms with van der Waals surface area (Å²) in [6.07, 6.45) is 1.06. The van der Waals surface area contributed by atoms with Gasteiger partial charge in [0.25, 0.3) is 0 Å². The molecule has 1 aromatic heterocycles. The van der Waals surface area contributed by atoms with Crippen LogP contribution >= 0.6 is 11.8 Å². The molecule has 0 atom stereocenters. The van der Waals surface area contributed by atoms with Gasteiger partial charge in [-0.2, -0.15) is 0 Å². The number of rotatable bonds is 5. The molecule has 1 aliphatic rings. The number of carbonyl (C=O) groups is 1. The van der Waals surface area contributed by atoms with Gasteiger partial charge in [-0.15, -0.1) is 10.2 Å². The van der Waals surface area contributed by atoms with Crippen LogP contribution in [0.4, 0.5) is 0 Å². The van der Waals surface area contributed by atoms with E-state index in [9.17, 15) is 9.90 Å². The molecule has 1 amide bonds. The normalized spacial score (nSPS) is 15.6. The lowest BCUT2D eigenvalue weighted by Gasteiger charge is -2.29. The minimum absolute atomic E-state index is 0.0969. The van der Waals surface area contributed by atoms with Crippen LogP contribution in [0, 0.1) is 6.92 Å². The summed E-state index contributed by atoms with van der Waals surface area (Å²) < 4.78 is 2.05. The summed E-state index contributed by atoms with van der Waals surface area (Å²) in [4.78, 5) is 14.2. The van der Waals surface area contributed by atoms with E-state index in [4.69, 9.17) is 0 Å². The van der Waals surface area contributed by atoms with Crippen molar-refractivity contribution in [2.45, 2.75) is 44.5 Å². The second kappa shape index (κ2) is 8.01. The van der Waals surface area contributed by atoms with E-state index >= 15 is 0 Å². The van der Waals surface area contributed by atoms with Crippen LogP contribution in [0.3, 0.4) is 0 Å². The van der Waals surface area contributed by atoms with Gasteiger partial charge in [0.2, 0.25) is 5.91 Å². The van der Waals surface area contributed by atoms with Gasteiger partial charge in [-0.05, 0) is 32.8 Å². The highest BCUT2D eigenvalue weighted by Crippen LogP contribution is 2.25. The van der Waals surface area contributed by atoms with Crippen LogP contribution in [-0.2, 0) is 11.3 Å². The maximum absolute atomic E-state index is 12.4. The first-order valence-electron chi connectivity index (χ1n) is 8.67. The molecule has 0 bridgehead atoms. The number of aromatic nitrogens is 3. The molecular weight excluding hydrogens is 336 g/mol. The van der Waals surface area contributed by atoms with Crippen molar-refractivity contribution in [1.82, 2.24) is 19.7 Å². The fourth-order valence-corrected chi connectivity index (χ4v) is 3.92. The monoisotopic (exact) mass is 360 g/mol. The molecule has 134 valence electrons. The van der Waals surface area contributed by atoms with Crippen molar-refractivity contribution in [3.8, 4) is 11.4 Å². The number of hydrogen-bond donors (Lipinski definition) is 1. The zero-order valence-electron chi connectivity index (χ0n) is 14.7. The predicted octanol–water partition coefficient (Wildman–Crippen LogP) is 2.35. The lowest BCUT2D eigenvalue weighted by atomic mass is 10.1. The van der Waals surface area contributed by atoms with Crippen molar-refractivity contribution in [1.29, 1.82) is 0 Å². The molecule has 0 spiro atoms. The number of benzene rings is 1. The first kappa shape index (κ1) is 17.9. The van der Waals surface area contributed by atoms with E-state index in [1.807, 2.05) is 21.6 Å². The topological polar surface area (TPSA) is 71.2 Å². The van der Waals surface area contributed by atoms with Gasteiger partial charge < -0.3 is 14.6 Å². The maximum Gasteiger partial charge on any atom is 0.233 e. The second-order valence-corrected chi connectivity index (χ2v) is 7.26. The summed E-state index contributed by atoms with van der Waals surface area (Å²) in [5.41, 5.74) is 2.22. The Morgan fingerprint density at radius 2 is 2.08 bits per heavy atom. The number of amides is 1. The molecule has 25 heavy (non-hydrogen) atoms. The van der Waals surface area contributed by atoms with Crippen LogP contribution in [0.25, 0.3) is 11.4 Å². The van der Waals surface area contributed by atoms with Crippen LogP contribution < -0.4 is 0 Å². The Kier molecular flexibility index (Phi) is 5.75. The molecule has 2 aromatic rings. The summed E-state index contributed by atoms with van der Waals surface area (Å²) in [5.74, 6) is 1.28. The van der Waals surface area contributed by atoms with E-state index in [1.165, 1.54) is 17.3 Å². The van der Waals surface area contributed by atoms with Gasteiger partial charge in [0.05, 0.1) is 11.9 Å². The van der Waals surface area contributed by atoms with E-state index in [0.717, 1.165) is 23.1 Å². The number of likely N-dealkylation sites (tertiary alicyclic amines) is 1. The number of hydrogen-bond acceptors (Lipinski definition) is 5. The molecule has 0 saturated carbocycles. The van der Waals surface area contributed by atoms with E-state index < -0.39 is 0 Å². The summed E-state index contributed by atoms with van der Waals surface area (Å²) in [6, 6.07) is 8.19. The summed E-state index contributed by atoms with van der Waals surface area (Å²) in [5, 5.41) is 18.9. The Bertz CT molecular complexity index is 738. The van der Waals surface area contributed by atoms with Crippen LogP contribution in [0.2, 0.25) is 0 Å². The third-order valence-corrected chi connectivity index (χ3v) is 5.40. The number of aliphatic hydroxyl groups excluding tert-OH is 1. The van der Waals surface area contributed by atoms with E-state index in [1.54, 1.807) is 0 Å². The predicted molar refractivity (Wildman–Crippen MR) is 98.4 cm³/mol. The molecular formula is C18H24N4O2S. The minimum atomic E-state index is -0.267. The van der Waals surface area contributed by atoms with Gasteiger partial charge in [-0.1, -0.05) is 35.5 Å². The maximum atomic E-state index is 12.4. The molecule has 3 rings (SSSR count). The number of aryl methyl sites for hydroxylation is 1. The third kappa shape index (κ3) is 4.22. The molecule has 6 nitrogen and oxygen atoms in total. The first-order chi connectivity index (χ1) is 12.1. The number of thioether (sulfide) groups is 1. The zero-order chi connectivity index (χ0) is 17.8. The van der Waals surface area contributed by atoms with E-state index in [0.29, 0.717) is 31.7 Å². The van der Waals surface area contributed by atoms with Crippen molar-refractivity contribution in [2.75, 3.05) is 18.8 Å². The number of nitrogens with zero attached hydrogens (tertiary/aromatic N) is 4. The molecule has 0 radical (unpaired) electrons. The Morgan fingerprint density at radius 1 is 1.32 bits per heavy atom. The summed E-state index contributed by atoms with van der Waals surface area (Å²) >= 11 is 1.43. The SMILES string of the molecule is CCn1c(SCC(=O)N2CCC(O)CC2)nnc1-c1cccc(C)c1. The Hall–Kier alpha value is -1.86. The van der Waals surface area contributed by atoms with Crippen LogP contribution in [0.5, 0.6) is 0 Å². The van der Waals surface area contributed by atoms with Crippen LogP contribution in [0.15, 0.2) is 29.4 Å². The average Bonchev–Trinajstić information content (AvgIpc) is 3.03. The smallest absolute Gasteiger partial charge is 0.233 e. The highest BCUT2D eigenvalue weighted by atomic mass is 32.2. The summed E-state index contributed by atoms with van der Waals surface area (Å²) in [6.45, 7) is 6.13. The van der Waals surface area contributed by atoms with Gasteiger partial charge in [-0.3, -0.25) is 4.79 Å². The van der Waals surface area contributed by atoms with Gasteiger partial charge >= 0.3 is 0 Å². The Morgan fingerprint density at radius 3 is 2.76 bits per heavy atom. The molecule has 0 aliphatic carbocycles. The Labute approximate surface area is 152 Å². The molecule has 1 aliphatic heterocycles. The first-order valence-corrected chi connectivity index (χ1v) is 9.66. The highest BCUT2D eigenvalue weighted by Gasteiger charge is 2.22. The lowest BCUT2D eigenvalue weighted by molar-refractivity contribution is -0.130. The standard InChI is InChI=1S/C18H24N4O2S/c1-3-22-17(14-6-4-5-13(2)11-14)19-20-18(22)25-12-16(24)21-9-7-15(23)8-10-21/h4-6,11,15,23H,3,7-10,12H2,1-2H3. The minimum Gasteiger partial charge on any atom is -0.393 e. The fraction of sp³-hybridized carbons (Fsp3) is 0.500. The van der Waals surface area contributed by atoms with Crippen molar-refractivity contribution >= 4 is 17.7 Å². The quantitative estimate of drug-likeness (QED) is 0.829. The van der Waals surface area contributed by atoms with Gasteiger partial charge in [-0.25, -0.2) is 0 Å². The third-order valence-electron chi connectivity index (χ3n) is 4.45. The zero-order valence-corrected chi connectivity index (χ0v) is 15.5. The van der Waals surface area contributed by atoms with Crippen molar-refractivity contribution in [3.05, 3.63) is 29.8 Å². The number of piperidine rings is 1. The van der Waals surface area contributed by atoms with E-state index in [2.05, 4.69) is 36.2 Å². The summed E-state index contributed by atoms with van der Waals surface area (Å²) in [7, 11) is 0. The molecule has 1 N–H and O–H groups in total. The van der Waals surface area contributed by atoms with E-state index in [-0.39, 0.29) is 12.0 Å². The van der Waals surface area contributed by atoms with Crippen molar-refractivity contribution in [2.24, 2.45) is 0 Å². The largest absolute Gasteiger partial charge is 0.393 e. The second-order valence-electron chi connectivity index (χ2n) is 6.32. The van der Waals surface area contributed by atoms with Gasteiger partial charge in [0, 0.05) is 25.2 Å². The molecule has 7 heteroatoms. The number of aliphatic hydroxyl groups is 1. The molecule has 1 saturated heterocycles. The molecule has 1 aromatic carbocycles. The molecule has 0 unspecified atom stereocenters. The highest BCUT2D eigenvalue weighted by molar-refractivity contribution is 7.99. The average molecular weight is 360 g/mol. The number of carbonyl (C=O) groups excluding carboxylic acids is 1. The van der Waals surface area contributed by atoms with Gasteiger partial charge in [0.15, 0.2) is 11.0 Å². The van der Waals surface area contributed by atoms with Crippen LogP contribution in [0.1, 0.15) is 25.3 Å². The molecule has 2 heterocycles. The molecule has 1 fully saturated rings. The fourth-order valence-electron chi connectivity index (χ4n) is 3.01. The lowest BCUT2D eigenvalue weighted by Crippen LogP contribution is -2.40.